The molecule has 0 aliphatic rings. The first-order valence-corrected chi connectivity index (χ1v) is 8.22. The molecule has 3 aromatic rings. The molecule has 122 valence electrons. The number of aromatic nitrogens is 6. The summed E-state index contributed by atoms with van der Waals surface area (Å²) in [5.41, 5.74) is 1.80. The Bertz CT molecular complexity index is 934. The van der Waals surface area contributed by atoms with E-state index >= 15 is 0 Å². The Labute approximate surface area is 145 Å². The quantitative estimate of drug-likeness (QED) is 0.566. The average Bonchev–Trinajstić information content (AvgIpc) is 3.10. The smallest absolute Gasteiger partial charge is 0.277 e. The molecule has 0 fully saturated rings. The van der Waals surface area contributed by atoms with E-state index in [2.05, 4.69) is 48.1 Å². The van der Waals surface area contributed by atoms with Crippen molar-refractivity contribution in [1.29, 1.82) is 0 Å². The van der Waals surface area contributed by atoms with Gasteiger partial charge in [0.05, 0.1) is 18.3 Å². The van der Waals surface area contributed by atoms with Crippen LogP contribution in [-0.2, 0) is 20.1 Å². The third-order valence-corrected chi connectivity index (χ3v) is 4.64. The fourth-order valence-corrected chi connectivity index (χ4v) is 3.15. The summed E-state index contributed by atoms with van der Waals surface area (Å²) < 4.78 is 4.97. The number of imidazole rings is 2. The van der Waals surface area contributed by atoms with Gasteiger partial charge in [-0.25, -0.2) is 9.97 Å². The van der Waals surface area contributed by atoms with Crippen molar-refractivity contribution in [2.75, 3.05) is 0 Å². The lowest BCUT2D eigenvalue weighted by Crippen LogP contribution is -2.32. The summed E-state index contributed by atoms with van der Waals surface area (Å²) in [4.78, 5) is 25.7. The second kappa shape index (κ2) is 6.38. The fraction of sp³-hybridized carbons (Fsp3) is 0.385. The number of aryl methyl sites for hydroxylation is 1. The number of nitrogens with zero attached hydrogens (tertiary/aromatic N) is 4. The zero-order valence-electron chi connectivity index (χ0n) is 12.6. The molecule has 3 aromatic heterocycles. The number of hydrogen-bond donors (Lipinski definition) is 3. The van der Waals surface area contributed by atoms with Crippen LogP contribution in [0, 0.1) is 4.77 Å². The average molecular weight is 398 g/mol. The van der Waals surface area contributed by atoms with Gasteiger partial charge in [-0.2, -0.15) is 0 Å². The number of halogens is 1. The molecule has 0 aliphatic heterocycles. The predicted molar refractivity (Wildman–Crippen MR) is 92.7 cm³/mol. The molecule has 10 heteroatoms. The van der Waals surface area contributed by atoms with Gasteiger partial charge in [0.25, 0.3) is 5.56 Å². The fourth-order valence-electron chi connectivity index (χ4n) is 2.39. The van der Waals surface area contributed by atoms with Gasteiger partial charge in [-0.05, 0) is 35.1 Å². The van der Waals surface area contributed by atoms with Crippen molar-refractivity contribution in [2.45, 2.75) is 26.1 Å². The van der Waals surface area contributed by atoms with Crippen molar-refractivity contribution in [3.63, 3.8) is 0 Å². The second-order valence-electron chi connectivity index (χ2n) is 5.35. The van der Waals surface area contributed by atoms with Crippen LogP contribution in [0.3, 0.4) is 0 Å². The Morgan fingerprint density at radius 3 is 2.96 bits per heavy atom. The molecular formula is C13H16BrN7OS. The van der Waals surface area contributed by atoms with Crippen LogP contribution in [0.1, 0.15) is 12.6 Å². The number of fused-ring (bicyclic) bond motifs is 1. The number of hydrogen-bond acceptors (Lipinski definition) is 5. The van der Waals surface area contributed by atoms with Crippen molar-refractivity contribution in [3.8, 4) is 0 Å². The van der Waals surface area contributed by atoms with Gasteiger partial charge >= 0.3 is 0 Å². The van der Waals surface area contributed by atoms with E-state index in [1.807, 2.05) is 16.2 Å². The van der Waals surface area contributed by atoms with Gasteiger partial charge < -0.3 is 14.9 Å². The van der Waals surface area contributed by atoms with Crippen LogP contribution >= 0.6 is 28.1 Å². The Hall–Kier alpha value is -1.78. The summed E-state index contributed by atoms with van der Waals surface area (Å²) in [6.07, 6.45) is 3.26. The molecule has 3 heterocycles. The maximum absolute atomic E-state index is 11.8. The van der Waals surface area contributed by atoms with Crippen molar-refractivity contribution in [2.24, 2.45) is 7.05 Å². The van der Waals surface area contributed by atoms with Crippen LogP contribution in [-0.4, -0.2) is 35.1 Å². The molecule has 1 atom stereocenters. The second-order valence-corrected chi connectivity index (χ2v) is 6.48. The topological polar surface area (TPSA) is 96.3 Å². The van der Waals surface area contributed by atoms with Crippen LogP contribution in [0.2, 0.25) is 0 Å². The number of H-pyrrole nitrogens is 2. The summed E-state index contributed by atoms with van der Waals surface area (Å²) >= 11 is 8.69. The summed E-state index contributed by atoms with van der Waals surface area (Å²) in [5, 5.41) is 3.43. The van der Waals surface area contributed by atoms with E-state index in [1.54, 1.807) is 6.33 Å². The minimum Gasteiger partial charge on any atom is -0.339 e. The summed E-state index contributed by atoms with van der Waals surface area (Å²) in [6.45, 7) is 3.31. The van der Waals surface area contributed by atoms with Crippen LogP contribution in [0.4, 0.5) is 0 Å². The molecule has 0 radical (unpaired) electrons. The molecule has 3 rings (SSSR count). The molecule has 23 heavy (non-hydrogen) atoms. The van der Waals surface area contributed by atoms with Gasteiger partial charge in [0, 0.05) is 26.2 Å². The van der Waals surface area contributed by atoms with Crippen molar-refractivity contribution in [1.82, 2.24) is 34.4 Å². The minimum absolute atomic E-state index is 0.120. The molecule has 0 saturated carbocycles. The highest BCUT2D eigenvalue weighted by Crippen LogP contribution is 2.13. The van der Waals surface area contributed by atoms with E-state index in [9.17, 15) is 4.79 Å². The van der Waals surface area contributed by atoms with Gasteiger partial charge in [-0.1, -0.05) is 0 Å². The predicted octanol–water partition coefficient (Wildman–Crippen LogP) is 1.46. The van der Waals surface area contributed by atoms with Gasteiger partial charge in [-0.3, -0.25) is 14.3 Å². The lowest BCUT2D eigenvalue weighted by molar-refractivity contribution is 0.468. The first kappa shape index (κ1) is 16.1. The van der Waals surface area contributed by atoms with E-state index in [0.717, 1.165) is 10.3 Å². The largest absolute Gasteiger partial charge is 0.339 e. The van der Waals surface area contributed by atoms with Gasteiger partial charge in [0.15, 0.2) is 10.4 Å². The minimum atomic E-state index is -0.252. The molecule has 0 aliphatic carbocycles. The summed E-state index contributed by atoms with van der Waals surface area (Å²) in [6, 6.07) is 0.120. The molecular weight excluding hydrogens is 382 g/mol. The lowest BCUT2D eigenvalue weighted by Gasteiger charge is -2.16. The Balaban J connectivity index is 1.78. The number of rotatable bonds is 5. The molecule has 0 spiro atoms. The summed E-state index contributed by atoms with van der Waals surface area (Å²) in [7, 11) is 1.95. The lowest BCUT2D eigenvalue weighted by atomic mass is 10.3. The third kappa shape index (κ3) is 3.14. The number of nitrogens with one attached hydrogen (secondary N) is 3. The Morgan fingerprint density at radius 2 is 2.26 bits per heavy atom. The van der Waals surface area contributed by atoms with Crippen LogP contribution in [0.15, 0.2) is 22.1 Å². The molecule has 3 N–H and O–H groups in total. The van der Waals surface area contributed by atoms with E-state index in [4.69, 9.17) is 12.2 Å². The molecule has 8 nitrogen and oxygen atoms in total. The van der Waals surface area contributed by atoms with Crippen LogP contribution < -0.4 is 10.9 Å². The van der Waals surface area contributed by atoms with E-state index in [1.165, 1.54) is 6.33 Å². The van der Waals surface area contributed by atoms with Crippen LogP contribution in [0.25, 0.3) is 11.2 Å². The molecule has 0 bridgehead atoms. The third-order valence-electron chi connectivity index (χ3n) is 3.65. The first-order chi connectivity index (χ1) is 11.0. The van der Waals surface area contributed by atoms with E-state index in [-0.39, 0.29) is 11.6 Å². The van der Waals surface area contributed by atoms with Crippen molar-refractivity contribution >= 4 is 39.3 Å². The standard InChI is InChI=1S/C13H16BrN7OS/c1-7(15-3-8-10(14)18-6-20(8)2)4-21-11-9(16-5-17-11)12(22)19-13(21)23/h5-7,15H,3-4H2,1-2H3,(H,16,17)(H,19,22,23). The van der Waals surface area contributed by atoms with Crippen LogP contribution in [0.5, 0.6) is 0 Å². The van der Waals surface area contributed by atoms with Gasteiger partial charge in [0.2, 0.25) is 0 Å². The van der Waals surface area contributed by atoms with E-state index < -0.39 is 0 Å². The normalized spacial score (nSPS) is 12.8. The summed E-state index contributed by atoms with van der Waals surface area (Å²) in [5.74, 6) is 0. The monoisotopic (exact) mass is 397 g/mol. The molecule has 0 aromatic carbocycles. The highest BCUT2D eigenvalue weighted by atomic mass is 79.9. The maximum Gasteiger partial charge on any atom is 0.277 e. The highest BCUT2D eigenvalue weighted by molar-refractivity contribution is 9.10. The highest BCUT2D eigenvalue weighted by Gasteiger charge is 2.12. The van der Waals surface area contributed by atoms with E-state index in [0.29, 0.717) is 29.0 Å². The van der Waals surface area contributed by atoms with Crippen molar-refractivity contribution < 1.29 is 0 Å². The Kier molecular flexibility index (Phi) is 4.46. The molecule has 0 saturated heterocycles. The SMILES string of the molecule is CC(Cn1c(=S)[nH]c(=O)c2[nH]cnc21)NCc1c(Br)ncn1C. The molecule has 1 unspecified atom stereocenters. The van der Waals surface area contributed by atoms with Gasteiger partial charge in [-0.15, -0.1) is 0 Å². The first-order valence-electron chi connectivity index (χ1n) is 7.02. The maximum atomic E-state index is 11.8. The zero-order chi connectivity index (χ0) is 16.6. The molecule has 0 amide bonds. The zero-order valence-corrected chi connectivity index (χ0v) is 15.0. The van der Waals surface area contributed by atoms with Crippen molar-refractivity contribution in [3.05, 3.63) is 38.1 Å². The Morgan fingerprint density at radius 1 is 1.48 bits per heavy atom. The number of aromatic amines is 2. The van der Waals surface area contributed by atoms with Gasteiger partial charge in [0.1, 0.15) is 10.1 Å².